The van der Waals surface area contributed by atoms with Crippen LogP contribution < -0.4 is 14.5 Å². The topological polar surface area (TPSA) is 32.8 Å². The first kappa shape index (κ1) is 17.3. The molecule has 132 valence electrons. The van der Waals surface area contributed by atoms with Crippen LogP contribution in [0.1, 0.15) is 25.3 Å². The molecular weight excluding hydrogens is 319 g/mol. The summed E-state index contributed by atoms with van der Waals surface area (Å²) in [6.45, 7) is 4.14. The van der Waals surface area contributed by atoms with Crippen LogP contribution in [-0.2, 0) is 11.3 Å². The van der Waals surface area contributed by atoms with Crippen molar-refractivity contribution in [3.05, 3.63) is 53.8 Å². The molecule has 4 nitrogen and oxygen atoms in total. The fourth-order valence-corrected chi connectivity index (χ4v) is 3.14. The van der Waals surface area contributed by atoms with Crippen LogP contribution >= 0.6 is 0 Å². The van der Waals surface area contributed by atoms with Crippen molar-refractivity contribution in [3.8, 4) is 5.75 Å². The molecule has 1 aliphatic rings. The van der Waals surface area contributed by atoms with E-state index in [1.165, 1.54) is 6.07 Å². The van der Waals surface area contributed by atoms with E-state index < -0.39 is 0 Å². The van der Waals surface area contributed by atoms with Gasteiger partial charge in [-0.1, -0.05) is 12.1 Å². The standard InChI is InChI=1S/C20H23FN2O2/c1-3-22(14-15-6-9-17(25-2)10-7-15)16-8-11-18(21)19(13-16)23-12-4-5-20(23)24/h6-11,13H,3-5,12,14H2,1-2H3. The Morgan fingerprint density at radius 2 is 1.96 bits per heavy atom. The number of carbonyl (C=O) groups excluding carboxylic acids is 1. The highest BCUT2D eigenvalue weighted by molar-refractivity contribution is 5.95. The lowest BCUT2D eigenvalue weighted by molar-refractivity contribution is -0.117. The average molecular weight is 342 g/mol. The largest absolute Gasteiger partial charge is 0.497 e. The maximum Gasteiger partial charge on any atom is 0.227 e. The number of halogens is 1. The smallest absolute Gasteiger partial charge is 0.227 e. The number of amides is 1. The normalized spacial score (nSPS) is 14.0. The second-order valence-corrected chi connectivity index (χ2v) is 6.15. The predicted molar refractivity (Wildman–Crippen MR) is 97.7 cm³/mol. The minimum Gasteiger partial charge on any atom is -0.497 e. The molecule has 1 aliphatic heterocycles. The minimum absolute atomic E-state index is 0.00532. The zero-order valence-electron chi connectivity index (χ0n) is 14.7. The van der Waals surface area contributed by atoms with Crippen LogP contribution in [0.2, 0.25) is 0 Å². The first-order chi connectivity index (χ1) is 12.1. The molecule has 1 amide bonds. The van der Waals surface area contributed by atoms with Gasteiger partial charge in [0.15, 0.2) is 0 Å². The van der Waals surface area contributed by atoms with Gasteiger partial charge >= 0.3 is 0 Å². The monoisotopic (exact) mass is 342 g/mol. The quantitative estimate of drug-likeness (QED) is 0.796. The fraction of sp³-hybridized carbons (Fsp3) is 0.350. The second-order valence-electron chi connectivity index (χ2n) is 6.15. The first-order valence-electron chi connectivity index (χ1n) is 8.60. The van der Waals surface area contributed by atoms with Crippen LogP contribution in [0.15, 0.2) is 42.5 Å². The van der Waals surface area contributed by atoms with Gasteiger partial charge in [0.1, 0.15) is 11.6 Å². The zero-order chi connectivity index (χ0) is 17.8. The summed E-state index contributed by atoms with van der Waals surface area (Å²) in [6.07, 6.45) is 1.28. The number of anilines is 2. The van der Waals surface area contributed by atoms with Gasteiger partial charge in [-0.3, -0.25) is 4.79 Å². The van der Waals surface area contributed by atoms with E-state index in [9.17, 15) is 9.18 Å². The van der Waals surface area contributed by atoms with Gasteiger partial charge in [-0.2, -0.15) is 0 Å². The highest BCUT2D eigenvalue weighted by Crippen LogP contribution is 2.30. The van der Waals surface area contributed by atoms with Crippen LogP contribution in [0.3, 0.4) is 0 Å². The Kier molecular flexibility index (Phi) is 5.22. The third-order valence-corrected chi connectivity index (χ3v) is 4.57. The van der Waals surface area contributed by atoms with E-state index in [2.05, 4.69) is 11.8 Å². The van der Waals surface area contributed by atoms with Gasteiger partial charge in [0, 0.05) is 31.7 Å². The van der Waals surface area contributed by atoms with Gasteiger partial charge in [-0.25, -0.2) is 4.39 Å². The summed E-state index contributed by atoms with van der Waals surface area (Å²) in [5, 5.41) is 0. The zero-order valence-corrected chi connectivity index (χ0v) is 14.7. The number of rotatable bonds is 6. The molecule has 1 saturated heterocycles. The van der Waals surface area contributed by atoms with Gasteiger partial charge < -0.3 is 14.5 Å². The molecule has 0 aromatic heterocycles. The minimum atomic E-state index is -0.348. The Bertz CT molecular complexity index is 746. The van der Waals surface area contributed by atoms with Gasteiger partial charge in [-0.15, -0.1) is 0 Å². The van der Waals surface area contributed by atoms with E-state index in [0.29, 0.717) is 25.2 Å². The van der Waals surface area contributed by atoms with Crippen LogP contribution in [0.25, 0.3) is 0 Å². The number of benzene rings is 2. The molecule has 0 saturated carbocycles. The van der Waals surface area contributed by atoms with E-state index in [0.717, 1.165) is 30.0 Å². The summed E-state index contributed by atoms with van der Waals surface area (Å²) in [5.74, 6) is 0.470. The molecule has 0 unspecified atom stereocenters. The predicted octanol–water partition coefficient (Wildman–Crippen LogP) is 3.99. The molecule has 0 radical (unpaired) electrons. The molecular formula is C20H23FN2O2. The third-order valence-electron chi connectivity index (χ3n) is 4.57. The van der Waals surface area contributed by atoms with Crippen molar-refractivity contribution in [1.82, 2.24) is 0 Å². The van der Waals surface area contributed by atoms with Crippen molar-refractivity contribution < 1.29 is 13.9 Å². The number of carbonyl (C=O) groups is 1. The SMILES string of the molecule is CCN(Cc1ccc(OC)cc1)c1ccc(F)c(N2CCCC2=O)c1. The Morgan fingerprint density at radius 3 is 2.56 bits per heavy atom. The van der Waals surface area contributed by atoms with Crippen molar-refractivity contribution in [2.45, 2.75) is 26.3 Å². The maximum absolute atomic E-state index is 14.2. The molecule has 0 atom stereocenters. The first-order valence-corrected chi connectivity index (χ1v) is 8.60. The Morgan fingerprint density at radius 1 is 1.20 bits per heavy atom. The molecule has 1 heterocycles. The van der Waals surface area contributed by atoms with E-state index in [4.69, 9.17) is 4.74 Å². The summed E-state index contributed by atoms with van der Waals surface area (Å²) in [5.41, 5.74) is 2.44. The van der Waals surface area contributed by atoms with E-state index in [1.807, 2.05) is 24.3 Å². The summed E-state index contributed by atoms with van der Waals surface area (Å²) < 4.78 is 19.4. The van der Waals surface area contributed by atoms with Crippen LogP contribution in [-0.4, -0.2) is 26.1 Å². The second kappa shape index (κ2) is 7.55. The Balaban J connectivity index is 1.83. The van der Waals surface area contributed by atoms with Crippen molar-refractivity contribution in [2.24, 2.45) is 0 Å². The van der Waals surface area contributed by atoms with Gasteiger partial charge in [0.2, 0.25) is 5.91 Å². The molecule has 1 fully saturated rings. The molecule has 0 bridgehead atoms. The number of methoxy groups -OCH3 is 1. The number of hydrogen-bond acceptors (Lipinski definition) is 3. The van der Waals surface area contributed by atoms with Gasteiger partial charge in [-0.05, 0) is 49.2 Å². The van der Waals surface area contributed by atoms with Crippen molar-refractivity contribution in [3.63, 3.8) is 0 Å². The number of nitrogens with zero attached hydrogens (tertiary/aromatic N) is 2. The molecule has 2 aromatic carbocycles. The van der Waals surface area contributed by atoms with Crippen LogP contribution in [0.5, 0.6) is 5.75 Å². The fourth-order valence-electron chi connectivity index (χ4n) is 3.14. The lowest BCUT2D eigenvalue weighted by Crippen LogP contribution is -2.26. The molecule has 0 aliphatic carbocycles. The Labute approximate surface area is 147 Å². The third kappa shape index (κ3) is 3.76. The van der Waals surface area contributed by atoms with E-state index in [1.54, 1.807) is 24.1 Å². The molecule has 5 heteroatoms. The summed E-state index contributed by atoms with van der Waals surface area (Å²) in [7, 11) is 1.65. The average Bonchev–Trinajstić information content (AvgIpc) is 3.06. The van der Waals surface area contributed by atoms with Crippen LogP contribution in [0, 0.1) is 5.82 Å². The van der Waals surface area contributed by atoms with Crippen molar-refractivity contribution >= 4 is 17.3 Å². The summed E-state index contributed by atoms with van der Waals surface area (Å²) in [4.78, 5) is 15.7. The van der Waals surface area contributed by atoms with E-state index in [-0.39, 0.29) is 11.7 Å². The number of ether oxygens (including phenoxy) is 1. The molecule has 25 heavy (non-hydrogen) atoms. The van der Waals surface area contributed by atoms with Crippen molar-refractivity contribution in [1.29, 1.82) is 0 Å². The van der Waals surface area contributed by atoms with Gasteiger partial charge in [0.25, 0.3) is 0 Å². The van der Waals surface area contributed by atoms with Gasteiger partial charge in [0.05, 0.1) is 12.8 Å². The lowest BCUT2D eigenvalue weighted by Gasteiger charge is -2.25. The molecule has 0 spiro atoms. The van der Waals surface area contributed by atoms with Crippen molar-refractivity contribution in [2.75, 3.05) is 30.0 Å². The maximum atomic E-state index is 14.2. The highest BCUT2D eigenvalue weighted by atomic mass is 19.1. The molecule has 3 rings (SSSR count). The lowest BCUT2D eigenvalue weighted by atomic mass is 10.1. The molecule has 2 aromatic rings. The number of hydrogen-bond donors (Lipinski definition) is 0. The summed E-state index contributed by atoms with van der Waals surface area (Å²) in [6, 6.07) is 12.9. The van der Waals surface area contributed by atoms with E-state index >= 15 is 0 Å². The Hall–Kier alpha value is -2.56. The highest BCUT2D eigenvalue weighted by Gasteiger charge is 2.25. The summed E-state index contributed by atoms with van der Waals surface area (Å²) >= 11 is 0. The van der Waals surface area contributed by atoms with Crippen LogP contribution in [0.4, 0.5) is 15.8 Å². The molecule has 0 N–H and O–H groups in total.